The number of thioether (sulfide) groups is 1. The molecule has 0 heterocycles. The van der Waals surface area contributed by atoms with Crippen LogP contribution in [0.5, 0.6) is 0 Å². The van der Waals surface area contributed by atoms with Crippen LogP contribution in [-0.4, -0.2) is 30.7 Å². The van der Waals surface area contributed by atoms with E-state index in [4.69, 9.17) is 4.74 Å². The minimum Gasteiger partial charge on any atom is -0.447 e. The van der Waals surface area contributed by atoms with Crippen LogP contribution in [0.3, 0.4) is 0 Å². The van der Waals surface area contributed by atoms with Crippen molar-refractivity contribution in [3.63, 3.8) is 0 Å². The zero-order valence-corrected chi connectivity index (χ0v) is 15.7. The number of esters is 1. The first-order valence-corrected chi connectivity index (χ1v) is 9.24. The summed E-state index contributed by atoms with van der Waals surface area (Å²) in [5.74, 6) is -3.13. The Balaban J connectivity index is 1.96. The van der Waals surface area contributed by atoms with E-state index in [1.165, 1.54) is 13.1 Å². The number of carbonyl (C=O) groups excluding carboxylic acids is 3. The third-order valence-electron chi connectivity index (χ3n) is 3.52. The second-order valence-corrected chi connectivity index (χ2v) is 6.69. The minimum absolute atomic E-state index is 0.0692. The third kappa shape index (κ3) is 6.34. The summed E-state index contributed by atoms with van der Waals surface area (Å²) in [5, 5.41) is 4.32. The SMILES string of the molecule is CNC(=O)NC(=O)[C@@H](OC(=O)CCSc1ccc(F)c(F)c1)c1ccccc1. The van der Waals surface area contributed by atoms with Gasteiger partial charge in [0.15, 0.2) is 11.6 Å². The molecule has 0 aliphatic heterocycles. The molecule has 148 valence electrons. The zero-order chi connectivity index (χ0) is 20.5. The molecule has 6 nitrogen and oxygen atoms in total. The maximum absolute atomic E-state index is 13.2. The van der Waals surface area contributed by atoms with Crippen molar-refractivity contribution in [2.45, 2.75) is 17.4 Å². The molecule has 0 aliphatic rings. The van der Waals surface area contributed by atoms with E-state index in [1.54, 1.807) is 30.3 Å². The first-order chi connectivity index (χ1) is 13.4. The summed E-state index contributed by atoms with van der Waals surface area (Å²) in [7, 11) is 1.35. The number of imide groups is 1. The van der Waals surface area contributed by atoms with Crippen LogP contribution >= 0.6 is 11.8 Å². The molecule has 2 aromatic rings. The molecule has 0 fully saturated rings. The Kier molecular flexibility index (Phi) is 7.94. The second kappa shape index (κ2) is 10.4. The predicted molar refractivity (Wildman–Crippen MR) is 99.6 cm³/mol. The van der Waals surface area contributed by atoms with Crippen molar-refractivity contribution in [2.24, 2.45) is 0 Å². The van der Waals surface area contributed by atoms with Crippen LogP contribution < -0.4 is 10.6 Å². The molecule has 2 N–H and O–H groups in total. The monoisotopic (exact) mass is 408 g/mol. The first kappa shape index (κ1) is 21.4. The van der Waals surface area contributed by atoms with Gasteiger partial charge < -0.3 is 10.1 Å². The zero-order valence-electron chi connectivity index (χ0n) is 14.9. The Morgan fingerprint density at radius 2 is 1.79 bits per heavy atom. The molecule has 9 heteroatoms. The summed E-state index contributed by atoms with van der Waals surface area (Å²) in [6.45, 7) is 0. The first-order valence-electron chi connectivity index (χ1n) is 8.25. The van der Waals surface area contributed by atoms with Gasteiger partial charge in [0.2, 0.25) is 6.10 Å². The molecule has 0 spiro atoms. The Bertz CT molecular complexity index is 849. The number of urea groups is 1. The number of carbonyl (C=O) groups is 3. The average Bonchev–Trinajstić information content (AvgIpc) is 2.69. The lowest BCUT2D eigenvalue weighted by Gasteiger charge is -2.17. The number of amides is 3. The number of hydrogen-bond acceptors (Lipinski definition) is 5. The second-order valence-electron chi connectivity index (χ2n) is 5.52. The standard InChI is InChI=1S/C19H18F2N2O4S/c1-22-19(26)23-18(25)17(12-5-3-2-4-6-12)27-16(24)9-10-28-13-7-8-14(20)15(21)11-13/h2-8,11,17H,9-10H2,1H3,(H2,22,23,25,26)/t17-/m0/s1. The summed E-state index contributed by atoms with van der Waals surface area (Å²) in [6.07, 6.45) is -1.36. The van der Waals surface area contributed by atoms with Gasteiger partial charge in [0, 0.05) is 23.3 Å². The van der Waals surface area contributed by atoms with E-state index in [2.05, 4.69) is 10.6 Å². The van der Waals surface area contributed by atoms with E-state index in [0.29, 0.717) is 10.5 Å². The van der Waals surface area contributed by atoms with E-state index >= 15 is 0 Å². The van der Waals surface area contributed by atoms with Crippen molar-refractivity contribution >= 4 is 29.7 Å². The molecule has 2 aromatic carbocycles. The molecule has 0 radical (unpaired) electrons. The molecule has 3 amide bonds. The predicted octanol–water partition coefficient (Wildman–Crippen LogP) is 3.19. The minimum atomic E-state index is -1.29. The van der Waals surface area contributed by atoms with Gasteiger partial charge in [0.05, 0.1) is 6.42 Å². The van der Waals surface area contributed by atoms with Crippen LogP contribution in [0.1, 0.15) is 18.1 Å². The summed E-state index contributed by atoms with van der Waals surface area (Å²) in [6, 6.07) is 11.0. The van der Waals surface area contributed by atoms with Gasteiger partial charge in [-0.15, -0.1) is 11.8 Å². The molecule has 0 aromatic heterocycles. The summed E-state index contributed by atoms with van der Waals surface area (Å²) in [5.41, 5.74) is 0.408. The normalized spacial score (nSPS) is 11.4. The lowest BCUT2D eigenvalue weighted by atomic mass is 10.1. The topological polar surface area (TPSA) is 84.5 Å². The Morgan fingerprint density at radius 3 is 2.43 bits per heavy atom. The van der Waals surface area contributed by atoms with Gasteiger partial charge in [0.1, 0.15) is 0 Å². The van der Waals surface area contributed by atoms with Gasteiger partial charge in [-0.25, -0.2) is 13.6 Å². The highest BCUT2D eigenvalue weighted by molar-refractivity contribution is 7.99. The van der Waals surface area contributed by atoms with E-state index in [9.17, 15) is 23.2 Å². The molecule has 0 unspecified atom stereocenters. The van der Waals surface area contributed by atoms with Gasteiger partial charge in [0.25, 0.3) is 5.91 Å². The molecule has 28 heavy (non-hydrogen) atoms. The largest absolute Gasteiger partial charge is 0.447 e. The molecule has 0 saturated carbocycles. The fourth-order valence-corrected chi connectivity index (χ4v) is 3.01. The maximum atomic E-state index is 13.2. The van der Waals surface area contributed by atoms with Crippen molar-refractivity contribution in [2.75, 3.05) is 12.8 Å². The number of benzene rings is 2. The van der Waals surface area contributed by atoms with Crippen molar-refractivity contribution in [1.29, 1.82) is 0 Å². The van der Waals surface area contributed by atoms with Crippen molar-refractivity contribution < 1.29 is 27.9 Å². The summed E-state index contributed by atoms with van der Waals surface area (Å²) < 4.78 is 31.4. The maximum Gasteiger partial charge on any atom is 0.321 e. The quantitative estimate of drug-likeness (QED) is 0.543. The Hall–Kier alpha value is -2.94. The van der Waals surface area contributed by atoms with E-state index in [1.807, 2.05) is 0 Å². The Labute approximate surface area is 164 Å². The highest BCUT2D eigenvalue weighted by Gasteiger charge is 2.26. The van der Waals surface area contributed by atoms with Crippen molar-refractivity contribution in [1.82, 2.24) is 10.6 Å². The highest BCUT2D eigenvalue weighted by Crippen LogP contribution is 2.23. The fourth-order valence-electron chi connectivity index (χ4n) is 2.15. The van der Waals surface area contributed by atoms with Crippen LogP contribution in [0.2, 0.25) is 0 Å². The molecule has 2 rings (SSSR count). The van der Waals surface area contributed by atoms with Gasteiger partial charge >= 0.3 is 12.0 Å². The van der Waals surface area contributed by atoms with Crippen LogP contribution in [0.15, 0.2) is 53.4 Å². The summed E-state index contributed by atoms with van der Waals surface area (Å²) >= 11 is 1.15. The number of ether oxygens (including phenoxy) is 1. The number of rotatable bonds is 7. The Morgan fingerprint density at radius 1 is 1.07 bits per heavy atom. The smallest absolute Gasteiger partial charge is 0.321 e. The average molecular weight is 408 g/mol. The number of halogens is 2. The van der Waals surface area contributed by atoms with Crippen molar-refractivity contribution in [3.05, 3.63) is 65.7 Å². The number of nitrogens with one attached hydrogen (secondary N) is 2. The van der Waals surface area contributed by atoms with Gasteiger partial charge in [-0.05, 0) is 18.2 Å². The third-order valence-corrected chi connectivity index (χ3v) is 4.52. The molecule has 0 bridgehead atoms. The lowest BCUT2D eigenvalue weighted by Crippen LogP contribution is -2.41. The lowest BCUT2D eigenvalue weighted by molar-refractivity contribution is -0.155. The van der Waals surface area contributed by atoms with E-state index in [-0.39, 0.29) is 12.2 Å². The molecular formula is C19H18F2N2O4S. The highest BCUT2D eigenvalue weighted by atomic mass is 32.2. The van der Waals surface area contributed by atoms with Crippen molar-refractivity contribution in [3.8, 4) is 0 Å². The number of hydrogen-bond donors (Lipinski definition) is 2. The molecule has 1 atom stereocenters. The molecule has 0 aliphatic carbocycles. The van der Waals surface area contributed by atoms with Gasteiger partial charge in [-0.1, -0.05) is 30.3 Å². The van der Waals surface area contributed by atoms with Gasteiger partial charge in [-0.2, -0.15) is 0 Å². The van der Waals surface area contributed by atoms with Crippen LogP contribution in [0, 0.1) is 11.6 Å². The fraction of sp³-hybridized carbons (Fsp3) is 0.211. The van der Waals surface area contributed by atoms with E-state index < -0.39 is 35.6 Å². The molecular weight excluding hydrogens is 390 g/mol. The van der Waals surface area contributed by atoms with Crippen LogP contribution in [0.25, 0.3) is 0 Å². The summed E-state index contributed by atoms with van der Waals surface area (Å²) in [4.78, 5) is 36.3. The van der Waals surface area contributed by atoms with Crippen LogP contribution in [-0.2, 0) is 14.3 Å². The van der Waals surface area contributed by atoms with E-state index in [0.717, 1.165) is 23.9 Å². The van der Waals surface area contributed by atoms with Crippen LogP contribution in [0.4, 0.5) is 13.6 Å². The molecule has 0 saturated heterocycles. The van der Waals surface area contributed by atoms with Gasteiger partial charge in [-0.3, -0.25) is 14.9 Å².